The van der Waals surface area contributed by atoms with Gasteiger partial charge in [-0.2, -0.15) is 0 Å². The molecule has 0 aliphatic carbocycles. The summed E-state index contributed by atoms with van der Waals surface area (Å²) in [6.07, 6.45) is 0. The standard InChI is InChI=1S/C14H11Br2ClFN/c1-19-14(8-3-2-4-9(15)7-8)10-5-6-11(16)12(17)13(10)18/h2-7,14,19H,1H3. The van der Waals surface area contributed by atoms with E-state index in [9.17, 15) is 4.39 Å². The second-order valence-electron chi connectivity index (χ2n) is 4.04. The number of hydrogen-bond acceptors (Lipinski definition) is 1. The molecule has 0 fully saturated rings. The molecule has 0 saturated carbocycles. The molecule has 0 bridgehead atoms. The van der Waals surface area contributed by atoms with Crippen LogP contribution in [0.3, 0.4) is 0 Å². The fraction of sp³-hybridized carbons (Fsp3) is 0.143. The third-order valence-electron chi connectivity index (χ3n) is 2.85. The third kappa shape index (κ3) is 3.19. The molecule has 0 aliphatic heterocycles. The molecule has 0 aromatic heterocycles. The lowest BCUT2D eigenvalue weighted by atomic mass is 9.98. The quantitative estimate of drug-likeness (QED) is 0.680. The van der Waals surface area contributed by atoms with Crippen LogP contribution >= 0.6 is 43.5 Å². The van der Waals surface area contributed by atoms with Gasteiger partial charge in [-0.3, -0.25) is 0 Å². The molecular formula is C14H11Br2ClFN. The Morgan fingerprint density at radius 2 is 1.95 bits per heavy atom. The van der Waals surface area contributed by atoms with Crippen LogP contribution in [0.4, 0.5) is 4.39 Å². The predicted molar refractivity (Wildman–Crippen MR) is 84.2 cm³/mol. The van der Waals surface area contributed by atoms with Crippen molar-refractivity contribution in [1.29, 1.82) is 0 Å². The molecule has 2 aromatic carbocycles. The van der Waals surface area contributed by atoms with Crippen molar-refractivity contribution in [3.63, 3.8) is 0 Å². The Labute approximate surface area is 133 Å². The van der Waals surface area contributed by atoms with Crippen molar-refractivity contribution < 1.29 is 4.39 Å². The molecule has 2 aromatic rings. The van der Waals surface area contributed by atoms with Crippen LogP contribution in [0.25, 0.3) is 0 Å². The first-order valence-corrected chi connectivity index (χ1v) is 7.57. The Morgan fingerprint density at radius 1 is 1.21 bits per heavy atom. The van der Waals surface area contributed by atoms with Crippen molar-refractivity contribution in [3.05, 3.63) is 67.3 Å². The Kier molecular flexibility index (Phi) is 5.01. The summed E-state index contributed by atoms with van der Waals surface area (Å²) in [5, 5.41) is 3.22. The van der Waals surface area contributed by atoms with Crippen LogP contribution in [0.2, 0.25) is 5.02 Å². The fourth-order valence-corrected chi connectivity index (χ4v) is 2.85. The van der Waals surface area contributed by atoms with E-state index in [1.54, 1.807) is 19.2 Å². The molecule has 1 atom stereocenters. The largest absolute Gasteiger partial charge is 0.309 e. The molecular weight excluding hydrogens is 396 g/mol. The highest BCUT2D eigenvalue weighted by Crippen LogP contribution is 2.33. The number of nitrogens with one attached hydrogen (secondary N) is 1. The molecule has 5 heteroatoms. The van der Waals surface area contributed by atoms with Crippen LogP contribution in [-0.4, -0.2) is 7.05 Å². The second kappa shape index (κ2) is 6.35. The van der Waals surface area contributed by atoms with Gasteiger partial charge in [0.15, 0.2) is 0 Å². The third-order valence-corrected chi connectivity index (χ3v) is 4.60. The van der Waals surface area contributed by atoms with E-state index in [-0.39, 0.29) is 11.1 Å². The highest BCUT2D eigenvalue weighted by molar-refractivity contribution is 9.10. The first-order valence-electron chi connectivity index (χ1n) is 5.60. The minimum absolute atomic E-state index is 0.104. The van der Waals surface area contributed by atoms with Gasteiger partial charge in [0.2, 0.25) is 0 Å². The first kappa shape index (κ1) is 15.0. The van der Waals surface area contributed by atoms with Gasteiger partial charge in [0.1, 0.15) is 5.82 Å². The lowest BCUT2D eigenvalue weighted by molar-refractivity contribution is 0.576. The van der Waals surface area contributed by atoms with Gasteiger partial charge in [0.25, 0.3) is 0 Å². The number of rotatable bonds is 3. The summed E-state index contributed by atoms with van der Waals surface area (Å²) in [5.74, 6) is -0.407. The maximum absolute atomic E-state index is 14.3. The molecule has 0 amide bonds. The van der Waals surface area contributed by atoms with Gasteiger partial charge < -0.3 is 5.32 Å². The number of hydrogen-bond donors (Lipinski definition) is 1. The normalized spacial score (nSPS) is 12.5. The minimum atomic E-state index is -0.407. The highest BCUT2D eigenvalue weighted by Gasteiger charge is 2.19. The van der Waals surface area contributed by atoms with Crippen molar-refractivity contribution in [1.82, 2.24) is 5.32 Å². The lowest BCUT2D eigenvalue weighted by Gasteiger charge is -2.19. The van der Waals surface area contributed by atoms with Gasteiger partial charge in [-0.15, -0.1) is 0 Å². The molecule has 1 nitrogen and oxygen atoms in total. The molecule has 100 valence electrons. The number of halogens is 4. The SMILES string of the molecule is CNC(c1cccc(Br)c1)c1ccc(Br)c(Cl)c1F. The topological polar surface area (TPSA) is 12.0 Å². The van der Waals surface area contributed by atoms with Crippen LogP contribution in [0.5, 0.6) is 0 Å². The molecule has 0 radical (unpaired) electrons. The molecule has 19 heavy (non-hydrogen) atoms. The van der Waals surface area contributed by atoms with E-state index in [0.717, 1.165) is 10.0 Å². The summed E-state index contributed by atoms with van der Waals surface area (Å²) in [4.78, 5) is 0. The molecule has 2 rings (SSSR count). The van der Waals surface area contributed by atoms with Crippen molar-refractivity contribution in [2.24, 2.45) is 0 Å². The van der Waals surface area contributed by atoms with E-state index in [1.807, 2.05) is 24.3 Å². The fourth-order valence-electron chi connectivity index (χ4n) is 1.95. The van der Waals surface area contributed by atoms with Crippen LogP contribution in [-0.2, 0) is 0 Å². The van der Waals surface area contributed by atoms with Crippen molar-refractivity contribution in [2.75, 3.05) is 7.05 Å². The van der Waals surface area contributed by atoms with Gasteiger partial charge in [0, 0.05) is 14.5 Å². The number of benzene rings is 2. The average Bonchev–Trinajstić information content (AvgIpc) is 2.40. The van der Waals surface area contributed by atoms with E-state index in [2.05, 4.69) is 37.2 Å². The summed E-state index contributed by atoms with van der Waals surface area (Å²) >= 11 is 12.6. The van der Waals surface area contributed by atoms with Crippen LogP contribution in [0.15, 0.2) is 45.3 Å². The van der Waals surface area contributed by atoms with Crippen LogP contribution in [0.1, 0.15) is 17.2 Å². The minimum Gasteiger partial charge on any atom is -0.309 e. The Balaban J connectivity index is 2.51. The van der Waals surface area contributed by atoms with E-state index < -0.39 is 5.82 Å². The molecule has 0 spiro atoms. The van der Waals surface area contributed by atoms with Crippen molar-refractivity contribution in [3.8, 4) is 0 Å². The zero-order valence-corrected chi connectivity index (χ0v) is 14.0. The Hall–Kier alpha value is -0.420. The average molecular weight is 408 g/mol. The highest BCUT2D eigenvalue weighted by atomic mass is 79.9. The van der Waals surface area contributed by atoms with Crippen LogP contribution in [0, 0.1) is 5.82 Å². The maximum Gasteiger partial charge on any atom is 0.148 e. The van der Waals surface area contributed by atoms with E-state index in [1.165, 1.54) is 0 Å². The summed E-state index contributed by atoms with van der Waals surface area (Å²) in [5.41, 5.74) is 1.49. The smallest absolute Gasteiger partial charge is 0.148 e. The van der Waals surface area contributed by atoms with Gasteiger partial charge >= 0.3 is 0 Å². The molecule has 0 saturated heterocycles. The Morgan fingerprint density at radius 3 is 2.58 bits per heavy atom. The molecule has 1 N–H and O–H groups in total. The van der Waals surface area contributed by atoms with Gasteiger partial charge in [-0.05, 0) is 46.7 Å². The van der Waals surface area contributed by atoms with Crippen molar-refractivity contribution >= 4 is 43.5 Å². The van der Waals surface area contributed by atoms with Crippen LogP contribution < -0.4 is 5.32 Å². The summed E-state index contributed by atoms with van der Waals surface area (Å²) in [6, 6.07) is 11.0. The summed E-state index contributed by atoms with van der Waals surface area (Å²) in [6.45, 7) is 0. The van der Waals surface area contributed by atoms with E-state index in [4.69, 9.17) is 11.6 Å². The van der Waals surface area contributed by atoms with Gasteiger partial charge in [0.05, 0.1) is 11.1 Å². The monoisotopic (exact) mass is 405 g/mol. The lowest BCUT2D eigenvalue weighted by Crippen LogP contribution is -2.19. The van der Waals surface area contributed by atoms with E-state index in [0.29, 0.717) is 10.0 Å². The summed E-state index contributed by atoms with van der Waals surface area (Å²) in [7, 11) is 1.79. The Bertz CT molecular complexity index is 604. The first-order chi connectivity index (χ1) is 9.04. The zero-order valence-electron chi connectivity index (χ0n) is 10.1. The molecule has 0 aliphatic rings. The molecule has 1 unspecified atom stereocenters. The van der Waals surface area contributed by atoms with E-state index >= 15 is 0 Å². The van der Waals surface area contributed by atoms with Crippen molar-refractivity contribution in [2.45, 2.75) is 6.04 Å². The second-order valence-corrected chi connectivity index (χ2v) is 6.19. The maximum atomic E-state index is 14.3. The summed E-state index contributed by atoms with van der Waals surface area (Å²) < 4.78 is 15.8. The van der Waals surface area contributed by atoms with Gasteiger partial charge in [-0.25, -0.2) is 4.39 Å². The van der Waals surface area contributed by atoms with Gasteiger partial charge in [-0.1, -0.05) is 45.7 Å². The molecule has 0 heterocycles. The zero-order chi connectivity index (χ0) is 14.0. The predicted octanol–water partition coefficient (Wildman–Crippen LogP) is 5.31.